The highest BCUT2D eigenvalue weighted by atomic mass is 16.5. The third-order valence-electron chi connectivity index (χ3n) is 3.09. The van der Waals surface area contributed by atoms with Crippen LogP contribution in [-0.4, -0.2) is 22.9 Å². The monoisotopic (exact) mass is 283 g/mol. The van der Waals surface area contributed by atoms with Gasteiger partial charge in [-0.15, -0.1) is 0 Å². The summed E-state index contributed by atoms with van der Waals surface area (Å²) in [6, 6.07) is 10.3. The number of amides is 2. The number of carbonyl (C=O) groups excluding carboxylic acids is 2. The number of benzene rings is 1. The fourth-order valence-electron chi connectivity index (χ4n) is 2.03. The number of carbonyl (C=O) groups is 2. The smallest absolute Gasteiger partial charge is 0.265 e. The maximum absolute atomic E-state index is 12.3. The van der Waals surface area contributed by atoms with E-state index < -0.39 is 6.10 Å². The van der Waals surface area contributed by atoms with Crippen molar-refractivity contribution in [3.05, 3.63) is 48.2 Å². The number of hydrogen-bond donors (Lipinski definition) is 2. The summed E-state index contributed by atoms with van der Waals surface area (Å²) in [5.74, 6) is 0.254. The maximum atomic E-state index is 12.3. The zero-order valence-corrected chi connectivity index (χ0v) is 11.3. The van der Waals surface area contributed by atoms with Gasteiger partial charge in [-0.05, 0) is 31.2 Å². The molecule has 1 atom stereocenters. The van der Waals surface area contributed by atoms with E-state index in [1.165, 1.54) is 0 Å². The first-order chi connectivity index (χ1) is 10.1. The van der Waals surface area contributed by atoms with Crippen molar-refractivity contribution in [1.82, 2.24) is 4.98 Å². The van der Waals surface area contributed by atoms with Crippen LogP contribution in [0.5, 0.6) is 5.75 Å². The van der Waals surface area contributed by atoms with E-state index in [-0.39, 0.29) is 11.8 Å². The second-order valence-corrected chi connectivity index (χ2v) is 4.60. The molecule has 0 saturated carbocycles. The van der Waals surface area contributed by atoms with Crippen LogP contribution in [0.1, 0.15) is 17.3 Å². The fraction of sp³-hybridized carbons (Fsp3) is 0.133. The predicted octanol–water partition coefficient (Wildman–Crippen LogP) is 2.05. The van der Waals surface area contributed by atoms with Crippen LogP contribution < -0.4 is 15.4 Å². The van der Waals surface area contributed by atoms with Crippen molar-refractivity contribution in [3.8, 4) is 5.75 Å². The Hall–Kier alpha value is -2.89. The Labute approximate surface area is 121 Å². The van der Waals surface area contributed by atoms with Crippen LogP contribution in [-0.2, 0) is 4.79 Å². The number of rotatable bonds is 2. The first-order valence-electron chi connectivity index (χ1n) is 6.48. The van der Waals surface area contributed by atoms with E-state index in [4.69, 9.17) is 4.74 Å². The van der Waals surface area contributed by atoms with Crippen molar-refractivity contribution in [1.29, 1.82) is 0 Å². The third-order valence-corrected chi connectivity index (χ3v) is 3.09. The van der Waals surface area contributed by atoms with Crippen LogP contribution in [0.3, 0.4) is 0 Å². The summed E-state index contributed by atoms with van der Waals surface area (Å²) in [5, 5.41) is 5.40. The average Bonchev–Trinajstić information content (AvgIpc) is 2.49. The second-order valence-electron chi connectivity index (χ2n) is 4.60. The first kappa shape index (κ1) is 13.1. The van der Waals surface area contributed by atoms with Crippen LogP contribution in [0.2, 0.25) is 0 Å². The van der Waals surface area contributed by atoms with Gasteiger partial charge in [-0.2, -0.15) is 0 Å². The van der Waals surface area contributed by atoms with Gasteiger partial charge >= 0.3 is 0 Å². The topological polar surface area (TPSA) is 80.3 Å². The van der Waals surface area contributed by atoms with Crippen LogP contribution >= 0.6 is 0 Å². The molecule has 1 unspecified atom stereocenters. The summed E-state index contributed by atoms with van der Waals surface area (Å²) < 4.78 is 5.54. The van der Waals surface area contributed by atoms with Gasteiger partial charge in [-0.3, -0.25) is 9.59 Å². The Morgan fingerprint density at radius 2 is 2.14 bits per heavy atom. The molecule has 0 radical (unpaired) electrons. The normalized spacial score (nSPS) is 16.4. The highest BCUT2D eigenvalue weighted by Crippen LogP contribution is 2.33. The van der Waals surface area contributed by atoms with E-state index in [9.17, 15) is 9.59 Å². The van der Waals surface area contributed by atoms with Crippen molar-refractivity contribution in [2.75, 3.05) is 10.6 Å². The molecule has 1 aromatic heterocycles. The minimum Gasteiger partial charge on any atom is -0.478 e. The summed E-state index contributed by atoms with van der Waals surface area (Å²) >= 11 is 0. The first-order valence-corrected chi connectivity index (χ1v) is 6.48. The number of para-hydroxylation sites is 1. The van der Waals surface area contributed by atoms with Crippen molar-refractivity contribution >= 4 is 23.3 Å². The van der Waals surface area contributed by atoms with Gasteiger partial charge in [0.1, 0.15) is 5.82 Å². The summed E-state index contributed by atoms with van der Waals surface area (Å²) in [4.78, 5) is 28.0. The summed E-state index contributed by atoms with van der Waals surface area (Å²) in [6.45, 7) is 1.63. The summed E-state index contributed by atoms with van der Waals surface area (Å²) in [5.41, 5.74) is 0.844. The Morgan fingerprint density at radius 1 is 1.29 bits per heavy atom. The number of nitrogens with one attached hydrogen (secondary N) is 2. The van der Waals surface area contributed by atoms with Crippen LogP contribution in [0.4, 0.5) is 11.5 Å². The molecule has 3 rings (SSSR count). The molecule has 21 heavy (non-hydrogen) atoms. The maximum Gasteiger partial charge on any atom is 0.265 e. The fourth-order valence-corrected chi connectivity index (χ4v) is 2.03. The Balaban J connectivity index is 1.91. The summed E-state index contributed by atoms with van der Waals surface area (Å²) in [7, 11) is 0. The van der Waals surface area contributed by atoms with Gasteiger partial charge in [-0.25, -0.2) is 4.98 Å². The van der Waals surface area contributed by atoms with E-state index >= 15 is 0 Å². The molecular weight excluding hydrogens is 270 g/mol. The van der Waals surface area contributed by atoms with Crippen LogP contribution in [0.15, 0.2) is 42.6 Å². The lowest BCUT2D eigenvalue weighted by molar-refractivity contribution is -0.122. The SMILES string of the molecule is CC1Oc2c(cccc2C(=O)Nc2ccccn2)NC1=O. The molecule has 0 fully saturated rings. The quantitative estimate of drug-likeness (QED) is 0.884. The molecule has 0 spiro atoms. The van der Waals surface area contributed by atoms with Gasteiger partial charge in [-0.1, -0.05) is 12.1 Å². The van der Waals surface area contributed by atoms with Gasteiger partial charge in [0.2, 0.25) is 0 Å². The number of aromatic nitrogens is 1. The lowest BCUT2D eigenvalue weighted by atomic mass is 10.1. The molecule has 6 heteroatoms. The lowest BCUT2D eigenvalue weighted by Gasteiger charge is -2.24. The molecule has 1 aliphatic heterocycles. The molecule has 2 aromatic rings. The van der Waals surface area contributed by atoms with E-state index in [0.29, 0.717) is 22.8 Å². The minimum absolute atomic E-state index is 0.232. The molecule has 2 N–H and O–H groups in total. The predicted molar refractivity (Wildman–Crippen MR) is 77.4 cm³/mol. The molecular formula is C15H13N3O3. The van der Waals surface area contributed by atoms with Crippen LogP contribution in [0, 0.1) is 0 Å². The van der Waals surface area contributed by atoms with E-state index in [1.54, 1.807) is 49.5 Å². The number of ether oxygens (including phenoxy) is 1. The Bertz CT molecular complexity index is 701. The zero-order chi connectivity index (χ0) is 14.8. The lowest BCUT2D eigenvalue weighted by Crippen LogP contribution is -2.35. The molecule has 1 aliphatic rings. The standard InChI is InChI=1S/C15H13N3O3/c1-9-14(19)17-11-6-4-5-10(13(11)21-9)15(20)18-12-7-2-3-8-16-12/h2-9H,1H3,(H,17,19)(H,16,18,20). The van der Waals surface area contributed by atoms with Gasteiger partial charge in [0, 0.05) is 6.20 Å². The highest BCUT2D eigenvalue weighted by Gasteiger charge is 2.27. The second kappa shape index (κ2) is 5.24. The molecule has 0 saturated heterocycles. The van der Waals surface area contributed by atoms with Gasteiger partial charge in [0.15, 0.2) is 11.9 Å². The average molecular weight is 283 g/mol. The van der Waals surface area contributed by atoms with Crippen molar-refractivity contribution in [3.63, 3.8) is 0 Å². The number of pyridine rings is 1. The number of anilines is 2. The van der Waals surface area contributed by atoms with Crippen LogP contribution in [0.25, 0.3) is 0 Å². The van der Waals surface area contributed by atoms with E-state index in [1.807, 2.05) is 0 Å². The Morgan fingerprint density at radius 3 is 2.90 bits per heavy atom. The van der Waals surface area contributed by atoms with Gasteiger partial charge < -0.3 is 15.4 Å². The minimum atomic E-state index is -0.638. The van der Waals surface area contributed by atoms with E-state index in [0.717, 1.165) is 0 Å². The molecule has 1 aromatic carbocycles. The molecule has 6 nitrogen and oxygen atoms in total. The van der Waals surface area contributed by atoms with Crippen molar-refractivity contribution in [2.45, 2.75) is 13.0 Å². The zero-order valence-electron chi connectivity index (χ0n) is 11.3. The molecule has 106 valence electrons. The van der Waals surface area contributed by atoms with Gasteiger partial charge in [0.25, 0.3) is 11.8 Å². The molecule has 2 heterocycles. The van der Waals surface area contributed by atoms with Crippen molar-refractivity contribution in [2.24, 2.45) is 0 Å². The number of nitrogens with zero attached hydrogens (tertiary/aromatic N) is 1. The highest BCUT2D eigenvalue weighted by molar-refractivity contribution is 6.09. The van der Waals surface area contributed by atoms with E-state index in [2.05, 4.69) is 15.6 Å². The Kier molecular flexibility index (Phi) is 3.27. The van der Waals surface area contributed by atoms with Gasteiger partial charge in [0.05, 0.1) is 11.3 Å². The third kappa shape index (κ3) is 2.55. The molecule has 2 amide bonds. The van der Waals surface area contributed by atoms with Crippen molar-refractivity contribution < 1.29 is 14.3 Å². The molecule has 0 bridgehead atoms. The number of fused-ring (bicyclic) bond motifs is 1. The molecule has 0 aliphatic carbocycles. The summed E-state index contributed by atoms with van der Waals surface area (Å²) in [6.07, 6.45) is 0.954. The largest absolute Gasteiger partial charge is 0.478 e. The number of hydrogen-bond acceptors (Lipinski definition) is 4.